The number of anilines is 6. The van der Waals surface area contributed by atoms with Gasteiger partial charge in [-0.2, -0.15) is 0 Å². The van der Waals surface area contributed by atoms with Crippen LogP contribution in [0.3, 0.4) is 0 Å². The minimum atomic E-state index is -0.168. The zero-order chi connectivity index (χ0) is 48.4. The summed E-state index contributed by atoms with van der Waals surface area (Å²) in [6.45, 7) is 18.9. The van der Waals surface area contributed by atoms with Crippen molar-refractivity contribution in [2.75, 3.05) is 9.80 Å². The molecule has 70 heavy (non-hydrogen) atoms. The molecule has 346 valence electrons. The number of hydrogen-bond acceptors (Lipinski definition) is 2. The van der Waals surface area contributed by atoms with E-state index in [2.05, 4.69) is 284 Å². The molecule has 2 atom stereocenters. The summed E-state index contributed by atoms with van der Waals surface area (Å²) in [7, 11) is 0. The Hall–Kier alpha value is -7.42. The molecule has 0 spiro atoms. The van der Waals surface area contributed by atoms with Gasteiger partial charge in [-0.15, -0.1) is 0 Å². The van der Waals surface area contributed by atoms with Crippen LogP contribution in [-0.2, 0) is 21.7 Å². The monoisotopic (exact) mass is 909 g/mol. The third-order valence-electron chi connectivity index (χ3n) is 16.8. The average Bonchev–Trinajstić information content (AvgIpc) is 3.78. The van der Waals surface area contributed by atoms with Gasteiger partial charge in [-0.3, -0.25) is 0 Å². The lowest BCUT2D eigenvalue weighted by atomic mass is 9.71. The minimum Gasteiger partial charge on any atom is -0.310 e. The molecule has 0 amide bonds. The van der Waals surface area contributed by atoms with Crippen molar-refractivity contribution < 1.29 is 0 Å². The molecular weight excluding hydrogens is 845 g/mol. The number of nitrogens with zero attached hydrogens (tertiary/aromatic N) is 2. The predicted octanol–water partition coefficient (Wildman–Crippen LogP) is 18.7. The number of hydrogen-bond donors (Lipinski definition) is 0. The first kappa shape index (κ1) is 45.0. The zero-order valence-corrected chi connectivity index (χ0v) is 42.1. The van der Waals surface area contributed by atoms with Crippen LogP contribution in [-0.4, -0.2) is 0 Å². The van der Waals surface area contributed by atoms with E-state index in [4.69, 9.17) is 0 Å². The maximum Gasteiger partial charge on any atom is 0.0465 e. The number of rotatable bonds is 12. The summed E-state index contributed by atoms with van der Waals surface area (Å²) in [5.41, 5.74) is 22.6. The van der Waals surface area contributed by atoms with Crippen molar-refractivity contribution >= 4 is 34.1 Å². The van der Waals surface area contributed by atoms with Gasteiger partial charge in [-0.05, 0) is 152 Å². The predicted molar refractivity (Wildman–Crippen MR) is 297 cm³/mol. The summed E-state index contributed by atoms with van der Waals surface area (Å²) in [6.07, 6.45) is 1.96. The van der Waals surface area contributed by atoms with Crippen molar-refractivity contribution in [3.63, 3.8) is 0 Å². The van der Waals surface area contributed by atoms with Gasteiger partial charge in [0.15, 0.2) is 0 Å². The second-order valence-electron chi connectivity index (χ2n) is 21.2. The van der Waals surface area contributed by atoms with E-state index < -0.39 is 0 Å². The molecular formula is C68H64N2. The molecule has 2 unspecified atom stereocenters. The van der Waals surface area contributed by atoms with Gasteiger partial charge in [0.2, 0.25) is 0 Å². The molecule has 0 saturated heterocycles. The van der Waals surface area contributed by atoms with Crippen LogP contribution in [0.15, 0.2) is 218 Å². The highest BCUT2D eigenvalue weighted by molar-refractivity contribution is 5.87. The quantitative estimate of drug-likeness (QED) is 0.121. The summed E-state index contributed by atoms with van der Waals surface area (Å²) in [5.74, 6) is 0. The highest BCUT2D eigenvalue weighted by atomic mass is 15.1. The molecule has 9 aromatic carbocycles. The van der Waals surface area contributed by atoms with Gasteiger partial charge in [0.25, 0.3) is 0 Å². The molecule has 0 aromatic heterocycles. The van der Waals surface area contributed by atoms with Crippen LogP contribution >= 0.6 is 0 Å². The van der Waals surface area contributed by atoms with Gasteiger partial charge in [-0.1, -0.05) is 201 Å². The molecule has 0 fully saturated rings. The van der Waals surface area contributed by atoms with Gasteiger partial charge in [-0.25, -0.2) is 0 Å². The Bertz CT molecular complexity index is 3120. The van der Waals surface area contributed by atoms with Crippen molar-refractivity contribution in [1.82, 2.24) is 0 Å². The van der Waals surface area contributed by atoms with E-state index in [1.165, 1.54) is 78.1 Å². The van der Waals surface area contributed by atoms with Crippen molar-refractivity contribution in [1.29, 1.82) is 0 Å². The fourth-order valence-corrected chi connectivity index (χ4v) is 12.0. The van der Waals surface area contributed by atoms with Crippen LogP contribution in [0.25, 0.3) is 22.3 Å². The molecule has 2 aliphatic rings. The van der Waals surface area contributed by atoms with E-state index in [0.29, 0.717) is 0 Å². The Morgan fingerprint density at radius 2 is 0.571 bits per heavy atom. The van der Waals surface area contributed by atoms with Gasteiger partial charge in [0.05, 0.1) is 0 Å². The molecule has 2 nitrogen and oxygen atoms in total. The van der Waals surface area contributed by atoms with Gasteiger partial charge in [0.1, 0.15) is 0 Å². The van der Waals surface area contributed by atoms with E-state index in [-0.39, 0.29) is 21.7 Å². The fourth-order valence-electron chi connectivity index (χ4n) is 12.0. The summed E-state index contributed by atoms with van der Waals surface area (Å²) in [4.78, 5) is 4.82. The first-order valence-electron chi connectivity index (χ1n) is 25.4. The van der Waals surface area contributed by atoms with Crippen molar-refractivity contribution in [2.45, 2.75) is 89.9 Å². The average molecular weight is 909 g/mol. The lowest BCUT2D eigenvalue weighted by molar-refractivity contribution is 0.539. The highest BCUT2D eigenvalue weighted by Crippen LogP contribution is 2.53. The normalized spacial score (nSPS) is 15.4. The first-order valence-corrected chi connectivity index (χ1v) is 25.4. The molecule has 11 rings (SSSR count). The maximum absolute atomic E-state index is 2.42. The third-order valence-corrected chi connectivity index (χ3v) is 16.8. The number of benzene rings is 9. The van der Waals surface area contributed by atoms with E-state index in [1.807, 2.05) is 0 Å². The van der Waals surface area contributed by atoms with Gasteiger partial charge >= 0.3 is 0 Å². The van der Waals surface area contributed by atoms with Crippen molar-refractivity contribution in [2.24, 2.45) is 0 Å². The summed E-state index contributed by atoms with van der Waals surface area (Å²) < 4.78 is 0. The largest absolute Gasteiger partial charge is 0.310 e. The van der Waals surface area contributed by atoms with E-state index >= 15 is 0 Å². The third kappa shape index (κ3) is 7.22. The Morgan fingerprint density at radius 3 is 0.914 bits per heavy atom. The Kier molecular flexibility index (Phi) is 11.1. The molecule has 0 saturated carbocycles. The first-order chi connectivity index (χ1) is 33.9. The lowest BCUT2D eigenvalue weighted by Crippen LogP contribution is -2.25. The molecule has 0 N–H and O–H groups in total. The van der Waals surface area contributed by atoms with Gasteiger partial charge < -0.3 is 9.80 Å². The fraction of sp³-hybridized carbons (Fsp3) is 0.206. The second kappa shape index (κ2) is 17.2. The van der Waals surface area contributed by atoms with E-state index in [0.717, 1.165) is 35.6 Å². The van der Waals surface area contributed by atoms with Crippen LogP contribution < -0.4 is 9.80 Å². The second-order valence-corrected chi connectivity index (χ2v) is 21.2. The van der Waals surface area contributed by atoms with Crippen LogP contribution in [0.1, 0.15) is 113 Å². The SMILES string of the molecule is CCC(C)(c1ccc(N(c2ccccc2)c2ccc3c(c2)C(C)(C)c2ccccc2-3)cc1)c1ccc(C(C)(CC)c2ccc(N(c3ccccc3)c3ccc4c(c3)C(C)(C)c3ccccc3-4)cc2)cc1. The smallest absolute Gasteiger partial charge is 0.0465 e. The van der Waals surface area contributed by atoms with Crippen molar-refractivity contribution in [3.05, 3.63) is 263 Å². The van der Waals surface area contributed by atoms with Crippen LogP contribution in [0.2, 0.25) is 0 Å². The number of para-hydroxylation sites is 2. The summed E-state index contributed by atoms with van der Waals surface area (Å²) >= 11 is 0. The molecule has 2 heteroatoms. The molecule has 2 aliphatic carbocycles. The lowest BCUT2D eigenvalue weighted by Gasteiger charge is -2.34. The topological polar surface area (TPSA) is 6.48 Å². The van der Waals surface area contributed by atoms with Crippen LogP contribution in [0.4, 0.5) is 34.1 Å². The number of fused-ring (bicyclic) bond motifs is 6. The summed E-state index contributed by atoms with van der Waals surface area (Å²) in [6, 6.07) is 81.7. The molecule has 0 heterocycles. The van der Waals surface area contributed by atoms with Crippen LogP contribution in [0.5, 0.6) is 0 Å². The van der Waals surface area contributed by atoms with Crippen molar-refractivity contribution in [3.8, 4) is 22.3 Å². The van der Waals surface area contributed by atoms with Crippen LogP contribution in [0, 0.1) is 0 Å². The summed E-state index contributed by atoms with van der Waals surface area (Å²) in [5, 5.41) is 0. The minimum absolute atomic E-state index is 0.0774. The maximum atomic E-state index is 2.42. The highest BCUT2D eigenvalue weighted by Gasteiger charge is 2.38. The Labute approximate surface area is 417 Å². The molecule has 0 aliphatic heterocycles. The Balaban J connectivity index is 0.876. The molecule has 0 radical (unpaired) electrons. The van der Waals surface area contributed by atoms with E-state index in [1.54, 1.807) is 0 Å². The van der Waals surface area contributed by atoms with E-state index in [9.17, 15) is 0 Å². The molecule has 0 bridgehead atoms. The standard InChI is InChI=1S/C68H64N2/c1-9-67(7,49-33-37-53(38-34-49)69(51-21-13-11-14-22-51)55-41-43-59-57-25-17-19-27-61(57)65(3,4)63(59)45-55)47-29-31-48(32-30-47)68(8,10-2)50-35-39-54(40-36-50)70(52-23-15-12-16-24-52)56-42-44-60-58-26-18-20-28-62(58)66(5,6)64(60)46-56/h11-46H,9-10H2,1-8H3. The van der Waals surface area contributed by atoms with Gasteiger partial charge in [0, 0.05) is 55.8 Å². The molecule has 9 aromatic rings. The zero-order valence-electron chi connectivity index (χ0n) is 42.1. The Morgan fingerprint density at radius 1 is 0.300 bits per heavy atom.